The fourth-order valence-electron chi connectivity index (χ4n) is 3.02. The van der Waals surface area contributed by atoms with Gasteiger partial charge in [-0.25, -0.2) is 4.52 Å². The maximum absolute atomic E-state index is 12.0. The molecule has 0 fully saturated rings. The average molecular weight is 436 g/mol. The summed E-state index contributed by atoms with van der Waals surface area (Å²) in [6.07, 6.45) is -1.75. The second-order valence-electron chi connectivity index (χ2n) is 6.22. The highest BCUT2D eigenvalue weighted by Gasteiger charge is 2.28. The van der Waals surface area contributed by atoms with Crippen molar-refractivity contribution in [3.8, 4) is 0 Å². The van der Waals surface area contributed by atoms with Crippen LogP contribution in [-0.4, -0.2) is 22.6 Å². The molecule has 5 nitrogen and oxygen atoms in total. The number of aryl methyl sites for hydroxylation is 1. The summed E-state index contributed by atoms with van der Waals surface area (Å²) in [6, 6.07) is 5.34. The van der Waals surface area contributed by atoms with E-state index >= 15 is 0 Å². The number of rotatable bonds is 8. The lowest BCUT2D eigenvalue weighted by molar-refractivity contribution is -0.324. The number of anilines is 1. The lowest BCUT2D eigenvalue weighted by Crippen LogP contribution is -2.14. The van der Waals surface area contributed by atoms with Crippen LogP contribution in [0.4, 0.5) is 18.9 Å². The number of unbranched alkanes of at least 4 members (excludes halogenated alkanes) is 1. The Morgan fingerprint density at radius 2 is 2.07 bits per heavy atom. The largest absolute Gasteiger partial charge is 0.522 e. The number of hydrogen-bond acceptors (Lipinski definition) is 4. The normalized spacial score (nSPS) is 12.1. The van der Waals surface area contributed by atoms with E-state index < -0.39 is 6.36 Å². The van der Waals surface area contributed by atoms with Gasteiger partial charge in [0.1, 0.15) is 10.9 Å². The molecule has 1 N–H and O–H groups in total. The summed E-state index contributed by atoms with van der Waals surface area (Å²) in [7, 11) is 0. The third-order valence-electron chi connectivity index (χ3n) is 4.29. The second kappa shape index (κ2) is 8.63. The Labute approximate surface area is 169 Å². The quantitative estimate of drug-likeness (QED) is 0.439. The summed E-state index contributed by atoms with van der Waals surface area (Å²) in [5, 5.41) is 8.17. The third kappa shape index (κ3) is 4.92. The summed E-state index contributed by atoms with van der Waals surface area (Å²) in [5.41, 5.74) is 3.22. The van der Waals surface area contributed by atoms with Crippen LogP contribution < -0.4 is 5.32 Å². The van der Waals surface area contributed by atoms with Crippen LogP contribution in [0.5, 0.6) is 0 Å². The van der Waals surface area contributed by atoms with Crippen LogP contribution in [0.15, 0.2) is 28.9 Å². The molecule has 0 saturated heterocycles. The molecule has 0 amide bonds. The molecule has 0 spiro atoms. The average Bonchev–Trinajstić information content (AvgIpc) is 3.21. The van der Waals surface area contributed by atoms with E-state index in [1.807, 2.05) is 13.0 Å². The maximum atomic E-state index is 12.0. The number of alkyl halides is 3. The van der Waals surface area contributed by atoms with Gasteiger partial charge in [0, 0.05) is 6.07 Å². The first-order valence-corrected chi connectivity index (χ1v) is 9.35. The van der Waals surface area contributed by atoms with Crippen LogP contribution in [-0.2, 0) is 17.7 Å². The van der Waals surface area contributed by atoms with Crippen molar-refractivity contribution in [2.24, 2.45) is 0 Å². The van der Waals surface area contributed by atoms with Crippen molar-refractivity contribution in [1.29, 1.82) is 0 Å². The van der Waals surface area contributed by atoms with E-state index in [9.17, 15) is 13.2 Å². The molecule has 0 unspecified atom stereocenters. The number of nitrogens with one attached hydrogen (secondary N) is 1. The topological polar surface area (TPSA) is 51.7 Å². The Morgan fingerprint density at radius 3 is 2.75 bits per heavy atom. The lowest BCUT2D eigenvalue weighted by atomic mass is 10.1. The first kappa shape index (κ1) is 20.8. The molecule has 0 saturated carbocycles. The van der Waals surface area contributed by atoms with Gasteiger partial charge in [0.05, 0.1) is 30.6 Å². The maximum Gasteiger partial charge on any atom is 0.522 e. The molecule has 3 aromatic rings. The van der Waals surface area contributed by atoms with Crippen LogP contribution in [0, 0.1) is 6.92 Å². The van der Waals surface area contributed by atoms with Gasteiger partial charge in [-0.05, 0) is 49.4 Å². The highest BCUT2D eigenvalue weighted by molar-refractivity contribution is 6.32. The van der Waals surface area contributed by atoms with Crippen molar-refractivity contribution in [3.63, 3.8) is 0 Å². The molecule has 10 heteroatoms. The molecule has 0 aromatic carbocycles. The number of nitrogens with zero attached hydrogens (tertiary/aromatic N) is 2. The summed E-state index contributed by atoms with van der Waals surface area (Å²) in [4.78, 5) is 0. The highest BCUT2D eigenvalue weighted by atomic mass is 35.5. The fourth-order valence-corrected chi connectivity index (χ4v) is 3.56. The number of fused-ring (bicyclic) bond motifs is 1. The van der Waals surface area contributed by atoms with E-state index in [0.717, 1.165) is 28.1 Å². The van der Waals surface area contributed by atoms with E-state index in [1.54, 1.807) is 22.9 Å². The van der Waals surface area contributed by atoms with Gasteiger partial charge >= 0.3 is 6.36 Å². The molecule has 0 bridgehead atoms. The van der Waals surface area contributed by atoms with Crippen molar-refractivity contribution < 1.29 is 22.3 Å². The van der Waals surface area contributed by atoms with E-state index in [0.29, 0.717) is 24.5 Å². The zero-order valence-electron chi connectivity index (χ0n) is 14.9. The fraction of sp³-hybridized carbons (Fsp3) is 0.389. The van der Waals surface area contributed by atoms with Crippen molar-refractivity contribution in [3.05, 3.63) is 51.7 Å². The van der Waals surface area contributed by atoms with E-state index in [2.05, 4.69) is 15.2 Å². The van der Waals surface area contributed by atoms with Crippen molar-refractivity contribution in [1.82, 2.24) is 9.61 Å². The second-order valence-corrected chi connectivity index (χ2v) is 6.96. The Kier molecular flexibility index (Phi) is 6.42. The molecule has 0 aliphatic heterocycles. The zero-order valence-corrected chi connectivity index (χ0v) is 16.5. The van der Waals surface area contributed by atoms with Crippen molar-refractivity contribution in [2.75, 3.05) is 11.9 Å². The minimum absolute atomic E-state index is 0.261. The van der Waals surface area contributed by atoms with Gasteiger partial charge in [-0.2, -0.15) is 5.10 Å². The zero-order chi connectivity index (χ0) is 20.3. The summed E-state index contributed by atoms with van der Waals surface area (Å²) in [5.74, 6) is 0.756. The number of hydrogen-bond donors (Lipinski definition) is 1. The molecule has 0 aliphatic rings. The third-order valence-corrected chi connectivity index (χ3v) is 4.86. The minimum atomic E-state index is -4.60. The van der Waals surface area contributed by atoms with Crippen molar-refractivity contribution in [2.45, 2.75) is 39.1 Å². The van der Waals surface area contributed by atoms with E-state index in [1.165, 1.54) is 0 Å². The van der Waals surface area contributed by atoms with Crippen LogP contribution >= 0.6 is 23.2 Å². The molecule has 0 radical (unpaired) electrons. The molecule has 3 heterocycles. The van der Waals surface area contributed by atoms with Gasteiger partial charge in [-0.1, -0.05) is 23.2 Å². The van der Waals surface area contributed by atoms with Gasteiger partial charge in [0.25, 0.3) is 0 Å². The van der Waals surface area contributed by atoms with Gasteiger partial charge in [0.15, 0.2) is 5.15 Å². The Bertz CT molecular complexity index is 940. The molecule has 3 rings (SSSR count). The first-order valence-electron chi connectivity index (χ1n) is 8.59. The molecule has 0 aliphatic carbocycles. The molecular weight excluding hydrogens is 418 g/mol. The van der Waals surface area contributed by atoms with Crippen LogP contribution in [0.3, 0.4) is 0 Å². The van der Waals surface area contributed by atoms with Gasteiger partial charge < -0.3 is 9.73 Å². The lowest BCUT2D eigenvalue weighted by Gasteiger charge is -2.09. The number of ether oxygens (including phenoxy) is 1. The molecule has 0 atom stereocenters. The monoisotopic (exact) mass is 435 g/mol. The Hall–Kier alpha value is -1.90. The number of halogens is 5. The summed E-state index contributed by atoms with van der Waals surface area (Å²) in [6.45, 7) is 1.97. The molecular formula is C18H18Cl2F3N3O2. The molecule has 3 aromatic heterocycles. The molecule has 28 heavy (non-hydrogen) atoms. The summed E-state index contributed by atoms with van der Waals surface area (Å²) < 4.78 is 46.8. The standard InChI is InChI=1S/C18H18Cl2F3N3O2/c1-11-13(6-2-3-8-28-18(21,22)23)17(20)26-16(11)14(9-15(19)25-26)24-10-12-5-4-7-27-12/h4-5,7,9,24H,2-3,6,8,10H2,1H3. The van der Waals surface area contributed by atoms with Gasteiger partial charge in [-0.15, -0.1) is 13.2 Å². The van der Waals surface area contributed by atoms with Crippen LogP contribution in [0.2, 0.25) is 10.3 Å². The number of aromatic nitrogens is 2. The van der Waals surface area contributed by atoms with E-state index in [4.69, 9.17) is 27.6 Å². The SMILES string of the molecule is Cc1c(CCCCOC(F)(F)F)c(Cl)n2nc(Cl)cc(NCc3ccco3)c12. The van der Waals surface area contributed by atoms with Crippen LogP contribution in [0.25, 0.3) is 5.52 Å². The minimum Gasteiger partial charge on any atom is -0.467 e. The van der Waals surface area contributed by atoms with Crippen molar-refractivity contribution >= 4 is 34.4 Å². The van der Waals surface area contributed by atoms with Gasteiger partial charge in [-0.3, -0.25) is 4.74 Å². The number of furan rings is 1. The van der Waals surface area contributed by atoms with Gasteiger partial charge in [0.2, 0.25) is 0 Å². The summed E-state index contributed by atoms with van der Waals surface area (Å²) >= 11 is 12.6. The Balaban J connectivity index is 1.77. The molecule has 152 valence electrons. The predicted molar refractivity (Wildman–Crippen MR) is 101 cm³/mol. The predicted octanol–water partition coefficient (Wildman–Crippen LogP) is 6.01. The van der Waals surface area contributed by atoms with Crippen LogP contribution in [0.1, 0.15) is 29.7 Å². The highest BCUT2D eigenvalue weighted by Crippen LogP contribution is 2.33. The van der Waals surface area contributed by atoms with E-state index in [-0.39, 0.29) is 18.2 Å². The Morgan fingerprint density at radius 1 is 1.29 bits per heavy atom. The smallest absolute Gasteiger partial charge is 0.467 e. The first-order chi connectivity index (χ1) is 13.3.